The van der Waals surface area contributed by atoms with Gasteiger partial charge in [0, 0.05) is 4.47 Å². The van der Waals surface area contributed by atoms with Gasteiger partial charge in [0.1, 0.15) is 11.4 Å². The third kappa shape index (κ3) is 3.40. The van der Waals surface area contributed by atoms with Crippen molar-refractivity contribution in [3.05, 3.63) is 63.5 Å². The average Bonchev–Trinajstić information content (AvgIpc) is 2.84. The molecule has 4 nitrogen and oxygen atoms in total. The summed E-state index contributed by atoms with van der Waals surface area (Å²) in [4.78, 5) is 16.8. The minimum atomic E-state index is -0.193. The van der Waals surface area contributed by atoms with Crippen LogP contribution in [-0.2, 0) is 4.79 Å². The molecule has 110 valence electrons. The highest BCUT2D eigenvalue weighted by molar-refractivity contribution is 9.10. The molecular weight excluding hydrogens is 364 g/mol. The van der Waals surface area contributed by atoms with Crippen molar-refractivity contribution in [1.82, 2.24) is 5.32 Å². The molecule has 1 fully saturated rings. The Morgan fingerprint density at radius 1 is 1.14 bits per heavy atom. The van der Waals surface area contributed by atoms with Crippen LogP contribution in [0.1, 0.15) is 5.56 Å². The Bertz CT molecular complexity index is 785. The van der Waals surface area contributed by atoms with Crippen LogP contribution in [0.4, 0.5) is 5.69 Å². The zero-order chi connectivity index (χ0) is 15.5. The second kappa shape index (κ2) is 6.37. The second-order valence-electron chi connectivity index (χ2n) is 4.52. The molecule has 1 amide bonds. The summed E-state index contributed by atoms with van der Waals surface area (Å²) >= 11 is 4.62. The number of aliphatic imine (C=N–C) groups is 1. The lowest BCUT2D eigenvalue weighted by atomic mass is 10.2. The predicted octanol–water partition coefficient (Wildman–Crippen LogP) is 4.05. The first-order chi connectivity index (χ1) is 10.6. The van der Waals surface area contributed by atoms with Gasteiger partial charge in [-0.1, -0.05) is 40.2 Å². The summed E-state index contributed by atoms with van der Waals surface area (Å²) in [5.74, 6) is -0.114. The van der Waals surface area contributed by atoms with Gasteiger partial charge in [-0.2, -0.15) is 0 Å². The van der Waals surface area contributed by atoms with Gasteiger partial charge in [0.25, 0.3) is 5.91 Å². The van der Waals surface area contributed by atoms with Gasteiger partial charge in [-0.3, -0.25) is 4.79 Å². The number of nitrogens with one attached hydrogen (secondary N) is 1. The molecule has 1 aliphatic rings. The first kappa shape index (κ1) is 14.9. The standard InChI is InChI=1S/C16H11BrN2O2S/c17-11-7-5-10(6-8-11)9-14-15(21)19-16(22-14)18-12-3-1-2-4-13(12)20/h1-9,20H,(H,18,19,21)/b14-9-. The molecule has 2 aromatic rings. The molecule has 2 aromatic carbocycles. The van der Waals surface area contributed by atoms with E-state index in [1.54, 1.807) is 30.3 Å². The Morgan fingerprint density at radius 3 is 2.59 bits per heavy atom. The molecule has 1 aliphatic heterocycles. The van der Waals surface area contributed by atoms with Crippen LogP contribution in [0.2, 0.25) is 0 Å². The Labute approximate surface area is 140 Å². The number of amidine groups is 1. The number of halogens is 1. The highest BCUT2D eigenvalue weighted by Crippen LogP contribution is 2.31. The fourth-order valence-corrected chi connectivity index (χ4v) is 2.96. The van der Waals surface area contributed by atoms with Crippen molar-refractivity contribution in [2.45, 2.75) is 0 Å². The lowest BCUT2D eigenvalue weighted by Crippen LogP contribution is -2.19. The Balaban J connectivity index is 1.84. The maximum absolute atomic E-state index is 12.0. The number of rotatable bonds is 2. The number of hydrogen-bond acceptors (Lipinski definition) is 4. The van der Waals surface area contributed by atoms with E-state index in [1.807, 2.05) is 24.3 Å². The van der Waals surface area contributed by atoms with Crippen LogP contribution in [0.25, 0.3) is 6.08 Å². The molecule has 0 spiro atoms. The molecule has 0 aliphatic carbocycles. The molecule has 0 bridgehead atoms. The Hall–Kier alpha value is -2.05. The molecule has 6 heteroatoms. The summed E-state index contributed by atoms with van der Waals surface area (Å²) in [5.41, 5.74) is 1.36. The average molecular weight is 375 g/mol. The summed E-state index contributed by atoms with van der Waals surface area (Å²) < 4.78 is 0.986. The molecule has 0 radical (unpaired) electrons. The smallest absolute Gasteiger partial charge is 0.264 e. The summed E-state index contributed by atoms with van der Waals surface area (Å²) in [6.07, 6.45) is 1.81. The van der Waals surface area contributed by atoms with E-state index in [1.165, 1.54) is 11.8 Å². The lowest BCUT2D eigenvalue weighted by Gasteiger charge is -1.98. The highest BCUT2D eigenvalue weighted by atomic mass is 79.9. The first-order valence-corrected chi connectivity index (χ1v) is 8.06. The minimum Gasteiger partial charge on any atom is -0.506 e. The highest BCUT2D eigenvalue weighted by Gasteiger charge is 2.24. The van der Waals surface area contributed by atoms with Gasteiger partial charge in [0.05, 0.1) is 4.91 Å². The third-order valence-electron chi connectivity index (χ3n) is 2.92. The quantitative estimate of drug-likeness (QED) is 0.779. The predicted molar refractivity (Wildman–Crippen MR) is 93.1 cm³/mol. The summed E-state index contributed by atoms with van der Waals surface area (Å²) in [6.45, 7) is 0. The van der Waals surface area contributed by atoms with E-state index in [2.05, 4.69) is 26.2 Å². The van der Waals surface area contributed by atoms with Crippen molar-refractivity contribution < 1.29 is 9.90 Å². The molecule has 22 heavy (non-hydrogen) atoms. The maximum atomic E-state index is 12.0. The SMILES string of the molecule is O=C1NC(=Nc2ccccc2O)S/C1=C\c1ccc(Br)cc1. The summed E-state index contributed by atoms with van der Waals surface area (Å²) in [7, 11) is 0. The molecule has 1 heterocycles. The van der Waals surface area contributed by atoms with Gasteiger partial charge < -0.3 is 10.4 Å². The number of carbonyl (C=O) groups is 1. The van der Waals surface area contributed by atoms with Crippen molar-refractivity contribution in [2.24, 2.45) is 4.99 Å². The monoisotopic (exact) mass is 374 g/mol. The van der Waals surface area contributed by atoms with Crippen molar-refractivity contribution in [2.75, 3.05) is 0 Å². The van der Waals surface area contributed by atoms with E-state index in [0.29, 0.717) is 15.8 Å². The molecule has 3 rings (SSSR count). The van der Waals surface area contributed by atoms with Gasteiger partial charge in [-0.05, 0) is 47.7 Å². The van der Waals surface area contributed by atoms with Crippen LogP contribution in [0.15, 0.2) is 62.9 Å². The van der Waals surface area contributed by atoms with Crippen molar-refractivity contribution >= 4 is 50.5 Å². The van der Waals surface area contributed by atoms with Crippen LogP contribution < -0.4 is 5.32 Å². The van der Waals surface area contributed by atoms with Gasteiger partial charge in [0.15, 0.2) is 5.17 Å². The van der Waals surface area contributed by atoms with Crippen LogP contribution in [-0.4, -0.2) is 16.2 Å². The largest absolute Gasteiger partial charge is 0.506 e. The van der Waals surface area contributed by atoms with E-state index >= 15 is 0 Å². The van der Waals surface area contributed by atoms with Crippen LogP contribution in [0.3, 0.4) is 0 Å². The minimum absolute atomic E-state index is 0.0789. The first-order valence-electron chi connectivity index (χ1n) is 6.45. The van der Waals surface area contributed by atoms with Crippen molar-refractivity contribution in [3.8, 4) is 5.75 Å². The summed E-state index contributed by atoms with van der Waals surface area (Å²) in [6, 6.07) is 14.4. The maximum Gasteiger partial charge on any atom is 0.264 e. The zero-order valence-electron chi connectivity index (χ0n) is 11.3. The summed E-state index contributed by atoms with van der Waals surface area (Å²) in [5, 5.41) is 12.9. The van der Waals surface area contributed by atoms with Crippen molar-refractivity contribution in [3.63, 3.8) is 0 Å². The van der Waals surface area contributed by atoms with Crippen LogP contribution >= 0.6 is 27.7 Å². The molecule has 0 atom stereocenters. The number of hydrogen-bond donors (Lipinski definition) is 2. The van der Waals surface area contributed by atoms with Crippen molar-refractivity contribution in [1.29, 1.82) is 0 Å². The third-order valence-corrected chi connectivity index (χ3v) is 4.36. The number of phenols is 1. The van der Waals surface area contributed by atoms with E-state index in [9.17, 15) is 9.90 Å². The van der Waals surface area contributed by atoms with Gasteiger partial charge in [-0.25, -0.2) is 4.99 Å². The number of nitrogens with zero attached hydrogens (tertiary/aromatic N) is 1. The van der Waals surface area contributed by atoms with Gasteiger partial charge in [0.2, 0.25) is 0 Å². The molecule has 0 aromatic heterocycles. The van der Waals surface area contributed by atoms with Crippen LogP contribution in [0.5, 0.6) is 5.75 Å². The topological polar surface area (TPSA) is 61.7 Å². The fourth-order valence-electron chi connectivity index (χ4n) is 1.86. The lowest BCUT2D eigenvalue weighted by molar-refractivity contribution is -0.115. The second-order valence-corrected chi connectivity index (χ2v) is 6.47. The number of benzene rings is 2. The fraction of sp³-hybridized carbons (Fsp3) is 0. The van der Waals surface area contributed by atoms with Gasteiger partial charge >= 0.3 is 0 Å². The van der Waals surface area contributed by atoms with Crippen LogP contribution in [0, 0.1) is 0 Å². The number of carbonyl (C=O) groups excluding carboxylic acids is 1. The molecule has 0 saturated carbocycles. The molecule has 2 N–H and O–H groups in total. The number of phenolic OH excluding ortho intramolecular Hbond substituents is 1. The Kier molecular flexibility index (Phi) is 4.31. The molecular formula is C16H11BrN2O2S. The molecule has 0 unspecified atom stereocenters. The number of thioether (sulfide) groups is 1. The normalized spacial score (nSPS) is 18.0. The number of para-hydroxylation sites is 2. The van der Waals surface area contributed by atoms with E-state index < -0.39 is 0 Å². The van der Waals surface area contributed by atoms with E-state index in [4.69, 9.17) is 0 Å². The number of amides is 1. The van der Waals surface area contributed by atoms with E-state index in [0.717, 1.165) is 10.0 Å². The van der Waals surface area contributed by atoms with Gasteiger partial charge in [-0.15, -0.1) is 0 Å². The zero-order valence-corrected chi connectivity index (χ0v) is 13.7. The number of aromatic hydroxyl groups is 1. The Morgan fingerprint density at radius 2 is 1.86 bits per heavy atom. The van der Waals surface area contributed by atoms with E-state index in [-0.39, 0.29) is 11.7 Å². The molecule has 1 saturated heterocycles.